The SMILES string of the molecule is Cc1ccc(NC(=O)C(C)S(C)(=O)=O)cc1Br. The standard InChI is InChI=1S/C11H14BrNO3S/c1-7-4-5-9(6-10(7)12)13-11(14)8(2)17(3,15)16/h4-6,8H,1-3H3,(H,13,14). The lowest BCUT2D eigenvalue weighted by molar-refractivity contribution is -0.115. The van der Waals surface area contributed by atoms with Gasteiger partial charge in [0.2, 0.25) is 5.91 Å². The van der Waals surface area contributed by atoms with Crippen LogP contribution in [0.4, 0.5) is 5.69 Å². The normalized spacial score (nSPS) is 13.2. The fraction of sp³-hybridized carbons (Fsp3) is 0.364. The van der Waals surface area contributed by atoms with Gasteiger partial charge < -0.3 is 5.32 Å². The Bertz CT molecular complexity index is 540. The third kappa shape index (κ3) is 3.81. The van der Waals surface area contributed by atoms with Crippen LogP contribution in [0.1, 0.15) is 12.5 Å². The van der Waals surface area contributed by atoms with Crippen LogP contribution in [0.5, 0.6) is 0 Å². The number of rotatable bonds is 3. The van der Waals surface area contributed by atoms with Crippen LogP contribution in [0.3, 0.4) is 0 Å². The minimum Gasteiger partial charge on any atom is -0.325 e. The van der Waals surface area contributed by atoms with Gasteiger partial charge in [-0.15, -0.1) is 0 Å². The van der Waals surface area contributed by atoms with Crippen molar-refractivity contribution in [1.82, 2.24) is 0 Å². The van der Waals surface area contributed by atoms with Crippen molar-refractivity contribution in [2.24, 2.45) is 0 Å². The second-order valence-corrected chi connectivity index (χ2v) is 7.15. The lowest BCUT2D eigenvalue weighted by atomic mass is 10.2. The van der Waals surface area contributed by atoms with E-state index in [1.54, 1.807) is 12.1 Å². The molecule has 94 valence electrons. The van der Waals surface area contributed by atoms with Crippen molar-refractivity contribution in [3.63, 3.8) is 0 Å². The van der Waals surface area contributed by atoms with Gasteiger partial charge in [0.15, 0.2) is 9.84 Å². The number of hydrogen-bond donors (Lipinski definition) is 1. The average Bonchev–Trinajstić information content (AvgIpc) is 2.21. The summed E-state index contributed by atoms with van der Waals surface area (Å²) in [4.78, 5) is 11.6. The van der Waals surface area contributed by atoms with Crippen LogP contribution < -0.4 is 5.32 Å². The van der Waals surface area contributed by atoms with Gasteiger partial charge in [0, 0.05) is 16.4 Å². The zero-order chi connectivity index (χ0) is 13.2. The van der Waals surface area contributed by atoms with Gasteiger partial charge in [-0.2, -0.15) is 0 Å². The van der Waals surface area contributed by atoms with Crippen LogP contribution in [-0.2, 0) is 14.6 Å². The number of hydrogen-bond acceptors (Lipinski definition) is 3. The summed E-state index contributed by atoms with van der Waals surface area (Å²) in [6.07, 6.45) is 1.04. The Morgan fingerprint density at radius 2 is 2.00 bits per heavy atom. The first-order valence-electron chi connectivity index (χ1n) is 4.97. The lowest BCUT2D eigenvalue weighted by Crippen LogP contribution is -2.31. The highest BCUT2D eigenvalue weighted by molar-refractivity contribution is 9.10. The van der Waals surface area contributed by atoms with E-state index in [1.807, 2.05) is 13.0 Å². The summed E-state index contributed by atoms with van der Waals surface area (Å²) in [6.45, 7) is 3.29. The van der Waals surface area contributed by atoms with Crippen LogP contribution in [0.25, 0.3) is 0 Å². The van der Waals surface area contributed by atoms with Crippen molar-refractivity contribution in [3.05, 3.63) is 28.2 Å². The molecule has 0 aliphatic heterocycles. The number of anilines is 1. The minimum atomic E-state index is -3.36. The van der Waals surface area contributed by atoms with E-state index in [9.17, 15) is 13.2 Å². The van der Waals surface area contributed by atoms with E-state index in [-0.39, 0.29) is 0 Å². The molecular formula is C11H14BrNO3S. The van der Waals surface area contributed by atoms with Crippen LogP contribution in [0, 0.1) is 6.92 Å². The van der Waals surface area contributed by atoms with Crippen molar-refractivity contribution in [2.75, 3.05) is 11.6 Å². The van der Waals surface area contributed by atoms with E-state index in [4.69, 9.17) is 0 Å². The van der Waals surface area contributed by atoms with E-state index in [2.05, 4.69) is 21.2 Å². The summed E-state index contributed by atoms with van der Waals surface area (Å²) in [5.41, 5.74) is 1.61. The Kier molecular flexibility index (Phi) is 4.32. The molecule has 17 heavy (non-hydrogen) atoms. The number of carbonyl (C=O) groups excluding carboxylic acids is 1. The number of sulfone groups is 1. The maximum absolute atomic E-state index is 11.6. The lowest BCUT2D eigenvalue weighted by Gasteiger charge is -2.11. The molecule has 4 nitrogen and oxygen atoms in total. The number of benzene rings is 1. The summed E-state index contributed by atoms with van der Waals surface area (Å²) in [6, 6.07) is 5.31. The number of amides is 1. The predicted octanol–water partition coefficient (Wildman–Crippen LogP) is 2.13. The molecule has 1 amide bonds. The maximum Gasteiger partial charge on any atom is 0.242 e. The topological polar surface area (TPSA) is 63.2 Å². The smallest absolute Gasteiger partial charge is 0.242 e. The van der Waals surface area contributed by atoms with Crippen LogP contribution in [0.15, 0.2) is 22.7 Å². The molecule has 0 saturated heterocycles. The molecule has 0 aliphatic carbocycles. The Morgan fingerprint density at radius 3 is 2.47 bits per heavy atom. The van der Waals surface area contributed by atoms with Crippen molar-refractivity contribution < 1.29 is 13.2 Å². The summed E-state index contributed by atoms with van der Waals surface area (Å²) in [5.74, 6) is -0.525. The van der Waals surface area contributed by atoms with Gasteiger partial charge in [-0.3, -0.25) is 4.79 Å². The summed E-state index contributed by atoms with van der Waals surface area (Å²) < 4.78 is 23.3. The molecule has 0 radical (unpaired) electrons. The molecule has 0 aliphatic rings. The largest absolute Gasteiger partial charge is 0.325 e. The fourth-order valence-corrected chi connectivity index (χ4v) is 1.94. The van der Waals surface area contributed by atoms with Gasteiger partial charge in [0.25, 0.3) is 0 Å². The minimum absolute atomic E-state index is 0.525. The van der Waals surface area contributed by atoms with Crippen molar-refractivity contribution in [2.45, 2.75) is 19.1 Å². The molecule has 0 saturated carbocycles. The molecule has 1 N–H and O–H groups in total. The Hall–Kier alpha value is -0.880. The molecular weight excluding hydrogens is 306 g/mol. The third-order valence-electron chi connectivity index (χ3n) is 2.45. The highest BCUT2D eigenvalue weighted by Gasteiger charge is 2.23. The average molecular weight is 320 g/mol. The first-order valence-corrected chi connectivity index (χ1v) is 7.72. The van der Waals surface area contributed by atoms with Crippen LogP contribution in [-0.4, -0.2) is 25.8 Å². The van der Waals surface area contributed by atoms with E-state index in [0.717, 1.165) is 16.3 Å². The number of nitrogens with one attached hydrogen (secondary N) is 1. The van der Waals surface area contributed by atoms with E-state index >= 15 is 0 Å². The summed E-state index contributed by atoms with van der Waals surface area (Å²) in [5, 5.41) is 1.52. The monoisotopic (exact) mass is 319 g/mol. The molecule has 0 heterocycles. The van der Waals surface area contributed by atoms with Gasteiger partial charge in [-0.25, -0.2) is 8.42 Å². The van der Waals surface area contributed by atoms with Crippen LogP contribution in [0.2, 0.25) is 0 Å². The Morgan fingerprint density at radius 1 is 1.41 bits per heavy atom. The molecule has 0 fully saturated rings. The molecule has 1 aromatic carbocycles. The van der Waals surface area contributed by atoms with E-state index in [0.29, 0.717) is 5.69 Å². The molecule has 1 rings (SSSR count). The van der Waals surface area contributed by atoms with Crippen molar-refractivity contribution in [1.29, 1.82) is 0 Å². The first kappa shape index (κ1) is 14.2. The quantitative estimate of drug-likeness (QED) is 0.928. The highest BCUT2D eigenvalue weighted by atomic mass is 79.9. The molecule has 0 bridgehead atoms. The third-order valence-corrected chi connectivity index (χ3v) is 4.80. The van der Waals surface area contributed by atoms with Crippen LogP contribution >= 0.6 is 15.9 Å². The fourth-order valence-electron chi connectivity index (χ4n) is 1.11. The zero-order valence-corrected chi connectivity index (χ0v) is 12.2. The summed E-state index contributed by atoms with van der Waals surface area (Å²) in [7, 11) is -3.36. The zero-order valence-electron chi connectivity index (χ0n) is 9.82. The highest BCUT2D eigenvalue weighted by Crippen LogP contribution is 2.20. The van der Waals surface area contributed by atoms with Gasteiger partial charge in [0.1, 0.15) is 5.25 Å². The number of halogens is 1. The second-order valence-electron chi connectivity index (χ2n) is 3.92. The number of aryl methyl sites for hydroxylation is 1. The van der Waals surface area contributed by atoms with Gasteiger partial charge in [-0.1, -0.05) is 22.0 Å². The maximum atomic E-state index is 11.6. The van der Waals surface area contributed by atoms with E-state index in [1.165, 1.54) is 6.92 Å². The van der Waals surface area contributed by atoms with Gasteiger partial charge >= 0.3 is 0 Å². The predicted molar refractivity (Wildman–Crippen MR) is 71.8 cm³/mol. The van der Waals surface area contributed by atoms with Gasteiger partial charge in [0.05, 0.1) is 0 Å². The molecule has 1 unspecified atom stereocenters. The molecule has 0 spiro atoms. The summed E-state index contributed by atoms with van der Waals surface area (Å²) >= 11 is 3.34. The molecule has 1 atom stereocenters. The Labute approximate surface area is 109 Å². The molecule has 6 heteroatoms. The Balaban J connectivity index is 2.85. The van der Waals surface area contributed by atoms with Crippen molar-refractivity contribution >= 4 is 37.4 Å². The first-order chi connectivity index (χ1) is 7.71. The second kappa shape index (κ2) is 5.18. The molecule has 1 aromatic rings. The van der Waals surface area contributed by atoms with Crippen molar-refractivity contribution in [3.8, 4) is 0 Å². The van der Waals surface area contributed by atoms with E-state index < -0.39 is 21.0 Å². The molecule has 0 aromatic heterocycles. The number of carbonyl (C=O) groups is 1. The van der Waals surface area contributed by atoms with Gasteiger partial charge in [-0.05, 0) is 31.5 Å².